The molecule has 0 bridgehead atoms. The van der Waals surface area contributed by atoms with Crippen LogP contribution in [-0.4, -0.2) is 18.5 Å². The number of aromatic nitrogens is 1. The van der Waals surface area contributed by atoms with Gasteiger partial charge in [0.25, 0.3) is 0 Å². The number of aryl methyl sites for hydroxylation is 2. The number of para-hydroxylation sites is 2. The van der Waals surface area contributed by atoms with Crippen molar-refractivity contribution in [3.05, 3.63) is 54.1 Å². The van der Waals surface area contributed by atoms with Crippen LogP contribution in [0.3, 0.4) is 0 Å². The van der Waals surface area contributed by atoms with Crippen molar-refractivity contribution in [2.24, 2.45) is 7.05 Å². The first kappa shape index (κ1) is 19.1. The number of pyridine rings is 1. The first-order valence-electron chi connectivity index (χ1n) is 7.38. The lowest BCUT2D eigenvalue weighted by Gasteiger charge is -2.08. The van der Waals surface area contributed by atoms with Crippen LogP contribution >= 0.6 is 0 Å². The molecule has 1 aromatic heterocycles. The van der Waals surface area contributed by atoms with E-state index in [0.717, 1.165) is 6.42 Å². The maximum absolute atomic E-state index is 10.7. The van der Waals surface area contributed by atoms with Crippen molar-refractivity contribution >= 4 is 31.9 Å². The van der Waals surface area contributed by atoms with Crippen molar-refractivity contribution in [2.45, 2.75) is 18.9 Å². The van der Waals surface area contributed by atoms with Crippen molar-refractivity contribution in [2.75, 3.05) is 0 Å². The Morgan fingerprint density at radius 2 is 1.32 bits per heavy atom. The fourth-order valence-corrected chi connectivity index (χ4v) is 2.70. The zero-order chi connectivity index (χ0) is 18.8. The lowest BCUT2D eigenvalue weighted by molar-refractivity contribution is -0.617. The van der Waals surface area contributed by atoms with Crippen molar-refractivity contribution in [1.82, 2.24) is 0 Å². The molecule has 0 fully saturated rings. The second kappa shape index (κ2) is 6.97. The van der Waals surface area contributed by atoms with Gasteiger partial charge in [-0.15, -0.1) is 0 Å². The third-order valence-electron chi connectivity index (χ3n) is 3.82. The van der Waals surface area contributed by atoms with Gasteiger partial charge >= 0.3 is 5.51 Å². The fraction of sp³-hybridized carbons (Fsp3) is 0.235. The Labute approximate surface area is 143 Å². The number of halogens is 3. The first-order chi connectivity index (χ1) is 11.6. The predicted molar refractivity (Wildman–Crippen MR) is 87.8 cm³/mol. The first-order valence-corrected chi connectivity index (χ1v) is 8.79. The summed E-state index contributed by atoms with van der Waals surface area (Å²) >= 11 is 0. The average Bonchev–Trinajstić information content (AvgIpc) is 2.54. The molecule has 0 amide bonds. The summed E-state index contributed by atoms with van der Waals surface area (Å²) in [5.74, 6) is 0. The Balaban J connectivity index is 0.000000242. The highest BCUT2D eigenvalue weighted by Crippen LogP contribution is 2.24. The third-order valence-corrected chi connectivity index (χ3v) is 4.39. The molecular formula is C17H16F3NO3S. The minimum absolute atomic E-state index is 1.07. The van der Waals surface area contributed by atoms with E-state index in [4.69, 9.17) is 13.0 Å². The van der Waals surface area contributed by atoms with E-state index < -0.39 is 15.6 Å². The van der Waals surface area contributed by atoms with Crippen molar-refractivity contribution in [3.63, 3.8) is 0 Å². The second-order valence-corrected chi connectivity index (χ2v) is 6.70. The van der Waals surface area contributed by atoms with Crippen molar-refractivity contribution in [1.29, 1.82) is 0 Å². The lowest BCUT2D eigenvalue weighted by atomic mass is 10.0. The largest absolute Gasteiger partial charge is 0.741 e. The number of nitrogens with zero attached hydrogens (tertiary/aromatic N) is 1. The lowest BCUT2D eigenvalue weighted by Crippen LogP contribution is -2.30. The highest BCUT2D eigenvalue weighted by molar-refractivity contribution is 7.86. The van der Waals surface area contributed by atoms with Gasteiger partial charge in [0.2, 0.25) is 11.0 Å². The van der Waals surface area contributed by atoms with E-state index in [9.17, 15) is 13.2 Å². The van der Waals surface area contributed by atoms with E-state index in [0.29, 0.717) is 0 Å². The highest BCUT2D eigenvalue weighted by Gasteiger charge is 2.36. The molecule has 0 aliphatic heterocycles. The molecule has 3 rings (SSSR count). The van der Waals surface area contributed by atoms with Crippen LogP contribution in [0.15, 0.2) is 48.5 Å². The van der Waals surface area contributed by atoms with Gasteiger partial charge in [0.15, 0.2) is 10.1 Å². The number of rotatable bonds is 1. The molecule has 0 radical (unpaired) electrons. The molecule has 0 spiro atoms. The van der Waals surface area contributed by atoms with Gasteiger partial charge in [-0.05, 0) is 24.1 Å². The second-order valence-electron chi connectivity index (χ2n) is 5.33. The maximum Gasteiger partial charge on any atom is 0.485 e. The van der Waals surface area contributed by atoms with Gasteiger partial charge in [-0.2, -0.15) is 17.7 Å². The number of hydrogen-bond donors (Lipinski definition) is 0. The molecule has 8 heteroatoms. The Morgan fingerprint density at radius 3 is 1.64 bits per heavy atom. The van der Waals surface area contributed by atoms with Crippen LogP contribution < -0.4 is 4.57 Å². The number of fused-ring (bicyclic) bond motifs is 2. The molecule has 0 unspecified atom stereocenters. The van der Waals surface area contributed by atoms with Gasteiger partial charge in [0.05, 0.1) is 10.8 Å². The Hall–Kier alpha value is -2.19. The summed E-state index contributed by atoms with van der Waals surface area (Å²) < 4.78 is 61.2. The van der Waals surface area contributed by atoms with Gasteiger partial charge in [-0.1, -0.05) is 31.2 Å². The quantitative estimate of drug-likeness (QED) is 0.285. The summed E-state index contributed by atoms with van der Waals surface area (Å²) in [6.07, 6.45) is 1.07. The summed E-state index contributed by atoms with van der Waals surface area (Å²) in [6.45, 7) is 2.23. The van der Waals surface area contributed by atoms with Crippen LogP contribution in [-0.2, 0) is 23.6 Å². The standard InChI is InChI=1S/C16H16N.CHF3O3S/c1-3-12-13-8-4-6-10-15(13)17(2)16-11-7-5-9-14(12)16;2-1(3,4)8(5,6)7/h4-11H,3H2,1-2H3;(H,5,6,7)/q+1;/p-1. The summed E-state index contributed by atoms with van der Waals surface area (Å²) in [7, 11) is -3.95. The summed E-state index contributed by atoms with van der Waals surface area (Å²) in [5, 5.41) is 2.74. The molecule has 0 atom stereocenters. The maximum atomic E-state index is 10.7. The predicted octanol–water partition coefficient (Wildman–Crippen LogP) is 3.43. The molecule has 0 aliphatic carbocycles. The van der Waals surface area contributed by atoms with Crippen molar-refractivity contribution in [3.8, 4) is 0 Å². The highest BCUT2D eigenvalue weighted by atomic mass is 32.2. The molecule has 4 nitrogen and oxygen atoms in total. The molecular weight excluding hydrogens is 355 g/mol. The molecule has 2 aromatic carbocycles. The van der Waals surface area contributed by atoms with Crippen LogP contribution in [0.5, 0.6) is 0 Å². The molecule has 0 saturated carbocycles. The Bertz CT molecular complexity index is 958. The van der Waals surface area contributed by atoms with E-state index in [1.54, 1.807) is 0 Å². The molecule has 0 aliphatic rings. The zero-order valence-electron chi connectivity index (χ0n) is 13.5. The van der Waals surface area contributed by atoms with Gasteiger partial charge < -0.3 is 4.55 Å². The third kappa shape index (κ3) is 3.91. The molecule has 0 N–H and O–H groups in total. The van der Waals surface area contributed by atoms with E-state index in [1.165, 1.54) is 27.4 Å². The van der Waals surface area contributed by atoms with E-state index >= 15 is 0 Å². The van der Waals surface area contributed by atoms with Crippen LogP contribution in [0.4, 0.5) is 13.2 Å². The van der Waals surface area contributed by atoms with Crippen LogP contribution in [0.25, 0.3) is 21.8 Å². The smallest absolute Gasteiger partial charge is 0.485 e. The van der Waals surface area contributed by atoms with E-state index in [-0.39, 0.29) is 0 Å². The zero-order valence-corrected chi connectivity index (χ0v) is 14.4. The van der Waals surface area contributed by atoms with E-state index in [1.807, 2.05) is 0 Å². The number of benzene rings is 2. The number of hydrogen-bond acceptors (Lipinski definition) is 3. The topological polar surface area (TPSA) is 61.1 Å². The van der Waals surface area contributed by atoms with Crippen LogP contribution in [0, 0.1) is 0 Å². The minimum atomic E-state index is -6.09. The van der Waals surface area contributed by atoms with Gasteiger partial charge in [0, 0.05) is 12.1 Å². The Morgan fingerprint density at radius 1 is 0.960 bits per heavy atom. The number of alkyl halides is 3. The molecule has 134 valence electrons. The summed E-state index contributed by atoms with van der Waals surface area (Å²) in [4.78, 5) is 0. The molecule has 25 heavy (non-hydrogen) atoms. The fourth-order valence-electron chi connectivity index (χ4n) is 2.70. The van der Waals surface area contributed by atoms with Crippen molar-refractivity contribution < 1.29 is 30.7 Å². The molecule has 1 heterocycles. The monoisotopic (exact) mass is 371 g/mol. The SMILES string of the molecule is CCc1c2ccccc2[n+](C)c2ccccc12.O=S(=O)([O-])C(F)(F)F. The summed E-state index contributed by atoms with van der Waals surface area (Å²) in [5.41, 5.74) is -1.58. The van der Waals surface area contributed by atoms with Crippen LogP contribution in [0.1, 0.15) is 12.5 Å². The van der Waals surface area contributed by atoms with Crippen LogP contribution in [0.2, 0.25) is 0 Å². The van der Waals surface area contributed by atoms with Gasteiger partial charge in [0.1, 0.15) is 7.05 Å². The van der Waals surface area contributed by atoms with Gasteiger partial charge in [-0.25, -0.2) is 8.42 Å². The Kier molecular flexibility index (Phi) is 5.34. The molecule has 3 aromatic rings. The van der Waals surface area contributed by atoms with E-state index in [2.05, 4.69) is 67.1 Å². The summed E-state index contributed by atoms with van der Waals surface area (Å²) in [6, 6.07) is 17.3. The normalized spacial score (nSPS) is 12.1. The average molecular weight is 371 g/mol. The minimum Gasteiger partial charge on any atom is -0.741 e. The molecule has 0 saturated heterocycles. The van der Waals surface area contributed by atoms with Gasteiger partial charge in [-0.3, -0.25) is 0 Å².